The first-order valence-corrected chi connectivity index (χ1v) is 14.5. The van der Waals surface area contributed by atoms with Gasteiger partial charge in [-0.3, -0.25) is 0 Å². The molecule has 0 nitrogen and oxygen atoms in total. The third-order valence-electron chi connectivity index (χ3n) is 3.75. The summed E-state index contributed by atoms with van der Waals surface area (Å²) in [6, 6.07) is 2.39. The molecule has 17 heavy (non-hydrogen) atoms. The molecule has 0 radical (unpaired) electrons. The van der Waals surface area contributed by atoms with E-state index in [2.05, 4.69) is 37.9 Å². The van der Waals surface area contributed by atoms with Gasteiger partial charge in [0.2, 0.25) is 0 Å². The fraction of sp³-hybridized carbons (Fsp3) is 0.692. The molecule has 2 aliphatic rings. The van der Waals surface area contributed by atoms with Crippen LogP contribution in [0, 0.1) is 11.8 Å². The van der Waals surface area contributed by atoms with Crippen LogP contribution in [0.15, 0.2) is 23.4 Å². The van der Waals surface area contributed by atoms with Gasteiger partial charge in [0, 0.05) is 8.07 Å². The minimum atomic E-state index is -2.15. The Morgan fingerprint density at radius 2 is 1.88 bits per heavy atom. The largest absolute Gasteiger partial charge is 0.277 e. The molecule has 2 atom stereocenters. The summed E-state index contributed by atoms with van der Waals surface area (Å²) in [5.74, 6) is 1.21. The molecule has 0 fully saturated rings. The normalized spacial score (nSPS) is 27.7. The van der Waals surface area contributed by atoms with Crippen molar-refractivity contribution in [1.82, 2.24) is 0 Å². The Morgan fingerprint density at radius 3 is 2.35 bits per heavy atom. The summed E-state index contributed by atoms with van der Waals surface area (Å²) in [4.78, 5) is 0. The van der Waals surface area contributed by atoms with Crippen molar-refractivity contribution in [2.75, 3.05) is 0 Å². The molecule has 2 aliphatic carbocycles. The summed E-state index contributed by atoms with van der Waals surface area (Å²) in [6.45, 7) is 5.10. The summed E-state index contributed by atoms with van der Waals surface area (Å²) >= 11 is 13.4. The van der Waals surface area contributed by atoms with Gasteiger partial charge < -0.3 is 0 Å². The van der Waals surface area contributed by atoms with Gasteiger partial charge in [0.1, 0.15) is 0 Å². The van der Waals surface area contributed by atoms with Crippen LogP contribution in [0.5, 0.6) is 0 Å². The van der Waals surface area contributed by atoms with Crippen molar-refractivity contribution in [1.29, 1.82) is 0 Å². The maximum Gasteiger partial charge on any atom is 0.277 e. The Morgan fingerprint density at radius 1 is 1.18 bits per heavy atom. The molecule has 2 bridgehead atoms. The monoisotopic (exact) mass is 304 g/mol. The fourth-order valence-corrected chi connectivity index (χ4v) is 8.55. The SMILES string of the molecule is C[Si](C)(C)CCC[Si](Cl)(Cl)C1=CC2C=CC1C2. The van der Waals surface area contributed by atoms with E-state index in [9.17, 15) is 0 Å². The van der Waals surface area contributed by atoms with Gasteiger partial charge in [-0.2, -0.15) is 0 Å². The van der Waals surface area contributed by atoms with Crippen LogP contribution < -0.4 is 0 Å². The lowest BCUT2D eigenvalue weighted by Crippen LogP contribution is -2.27. The Labute approximate surface area is 117 Å². The summed E-state index contributed by atoms with van der Waals surface area (Å²) in [5, 5.41) is 1.41. The second-order valence-corrected chi connectivity index (χ2v) is 19.2. The smallest absolute Gasteiger partial charge is 0.140 e. The van der Waals surface area contributed by atoms with Gasteiger partial charge in [-0.1, -0.05) is 50.3 Å². The molecule has 0 spiro atoms. The highest BCUT2D eigenvalue weighted by Crippen LogP contribution is 2.47. The summed E-state index contributed by atoms with van der Waals surface area (Å²) < 4.78 is 0. The molecule has 0 aliphatic heterocycles. The van der Waals surface area contributed by atoms with Gasteiger partial charge in [0.15, 0.2) is 0 Å². The van der Waals surface area contributed by atoms with Crippen molar-refractivity contribution in [2.45, 2.75) is 44.6 Å². The predicted molar refractivity (Wildman–Crippen MR) is 83.9 cm³/mol. The van der Waals surface area contributed by atoms with E-state index >= 15 is 0 Å². The Kier molecular flexibility index (Phi) is 3.99. The highest BCUT2D eigenvalue weighted by Gasteiger charge is 2.42. The maximum absolute atomic E-state index is 6.68. The number of allylic oxidation sites excluding steroid dienone is 4. The van der Waals surface area contributed by atoms with E-state index in [1.807, 2.05) is 0 Å². The highest BCUT2D eigenvalue weighted by atomic mass is 35.7. The van der Waals surface area contributed by atoms with Gasteiger partial charge in [-0.25, -0.2) is 0 Å². The zero-order valence-corrected chi connectivity index (χ0v) is 14.5. The second-order valence-electron chi connectivity index (χ2n) is 6.63. The second kappa shape index (κ2) is 4.88. The highest BCUT2D eigenvalue weighted by molar-refractivity contribution is 7.48. The van der Waals surface area contributed by atoms with Crippen molar-refractivity contribution in [2.24, 2.45) is 11.8 Å². The van der Waals surface area contributed by atoms with Crippen LogP contribution in [0.3, 0.4) is 0 Å². The molecular weight excluding hydrogens is 283 g/mol. The minimum Gasteiger partial charge on any atom is -0.140 e. The van der Waals surface area contributed by atoms with Crippen LogP contribution in [0.4, 0.5) is 0 Å². The first-order chi connectivity index (χ1) is 7.78. The average molecular weight is 305 g/mol. The predicted octanol–water partition coefficient (Wildman–Crippen LogP) is 5.31. The van der Waals surface area contributed by atoms with Gasteiger partial charge >= 0.3 is 0 Å². The van der Waals surface area contributed by atoms with Crippen molar-refractivity contribution in [3.8, 4) is 0 Å². The quantitative estimate of drug-likeness (QED) is 0.367. The number of hydrogen-bond donors (Lipinski definition) is 0. The molecule has 0 heterocycles. The van der Waals surface area contributed by atoms with Crippen LogP contribution in [-0.4, -0.2) is 14.8 Å². The van der Waals surface area contributed by atoms with Crippen LogP contribution in [-0.2, 0) is 0 Å². The zero-order chi connectivity index (χ0) is 12.7. The minimum absolute atomic E-state index is 0.577. The van der Waals surface area contributed by atoms with Gasteiger partial charge in [0.25, 0.3) is 6.69 Å². The Bertz CT molecular complexity index is 353. The molecule has 0 saturated carbocycles. The van der Waals surface area contributed by atoms with Crippen LogP contribution in [0.25, 0.3) is 0 Å². The molecule has 0 N–H and O–H groups in total. The lowest BCUT2D eigenvalue weighted by molar-refractivity contribution is 0.725. The molecule has 0 aromatic carbocycles. The summed E-state index contributed by atoms with van der Waals surface area (Å²) in [6.07, 6.45) is 9.41. The van der Waals surface area contributed by atoms with Crippen LogP contribution in [0.1, 0.15) is 12.8 Å². The maximum atomic E-state index is 6.68. The molecule has 2 rings (SSSR count). The van der Waals surface area contributed by atoms with E-state index in [0.29, 0.717) is 11.8 Å². The van der Waals surface area contributed by atoms with Gasteiger partial charge in [-0.05, 0) is 29.5 Å². The van der Waals surface area contributed by atoms with E-state index in [1.54, 1.807) is 0 Å². The third-order valence-corrected chi connectivity index (χ3v) is 10.4. The molecule has 96 valence electrons. The zero-order valence-electron chi connectivity index (χ0n) is 11.0. The van der Waals surface area contributed by atoms with Crippen LogP contribution in [0.2, 0.25) is 31.7 Å². The molecule has 0 amide bonds. The van der Waals surface area contributed by atoms with E-state index in [4.69, 9.17) is 22.2 Å². The molecule has 2 unspecified atom stereocenters. The van der Waals surface area contributed by atoms with Gasteiger partial charge in [-0.15, -0.1) is 22.2 Å². The van der Waals surface area contributed by atoms with E-state index in [0.717, 1.165) is 6.04 Å². The molecule has 0 aromatic rings. The Balaban J connectivity index is 1.89. The lowest BCUT2D eigenvalue weighted by atomic mass is 10.2. The first kappa shape index (κ1) is 13.9. The summed E-state index contributed by atoms with van der Waals surface area (Å²) in [5.41, 5.74) is 0. The number of hydrogen-bond acceptors (Lipinski definition) is 0. The van der Waals surface area contributed by atoms with E-state index in [1.165, 1.54) is 24.1 Å². The van der Waals surface area contributed by atoms with Crippen molar-refractivity contribution in [3.63, 3.8) is 0 Å². The molecule has 4 heteroatoms. The Hall–Kier alpha value is 0.494. The van der Waals surface area contributed by atoms with E-state index < -0.39 is 14.8 Å². The van der Waals surface area contributed by atoms with Crippen molar-refractivity contribution >= 4 is 36.9 Å². The summed E-state index contributed by atoms with van der Waals surface area (Å²) in [7, 11) is -0.942. The topological polar surface area (TPSA) is 0 Å². The van der Waals surface area contributed by atoms with Crippen molar-refractivity contribution in [3.05, 3.63) is 23.4 Å². The molecule has 0 saturated heterocycles. The number of halogens is 2. The molecular formula is C13H22Cl2Si2. The molecule has 0 aromatic heterocycles. The fourth-order valence-electron chi connectivity index (χ4n) is 2.81. The number of fused-ring (bicyclic) bond motifs is 2. The standard InChI is InChI=1S/C13H22Cl2Si2/c1-16(2,3)7-4-8-17(14,15)13-10-11-5-6-12(13)9-11/h5-6,10-12H,4,7-9H2,1-3H3. The lowest BCUT2D eigenvalue weighted by Gasteiger charge is -2.24. The van der Waals surface area contributed by atoms with Crippen molar-refractivity contribution < 1.29 is 0 Å². The first-order valence-electron chi connectivity index (χ1n) is 6.56. The number of rotatable bonds is 5. The van der Waals surface area contributed by atoms with Crippen LogP contribution >= 0.6 is 22.2 Å². The van der Waals surface area contributed by atoms with E-state index in [-0.39, 0.29) is 0 Å². The van der Waals surface area contributed by atoms with Gasteiger partial charge in [0.05, 0.1) is 0 Å². The third kappa shape index (κ3) is 3.49. The average Bonchev–Trinajstić information content (AvgIpc) is 2.75.